The number of nitrogens with two attached hydrogens (primary N) is 3. The average Bonchev–Trinajstić information content (AvgIpc) is 2.59. The topological polar surface area (TPSA) is 228 Å². The Bertz CT molecular complexity index is 685. The summed E-state index contributed by atoms with van der Waals surface area (Å²) in [6.07, 6.45) is 0.609. The van der Waals surface area contributed by atoms with Crippen molar-refractivity contribution in [2.45, 2.75) is 56.8 Å². The lowest BCUT2D eigenvalue weighted by Gasteiger charge is -2.42. The molecule has 0 rings (SSSR count). The van der Waals surface area contributed by atoms with Crippen molar-refractivity contribution in [2.24, 2.45) is 23.1 Å². The number of amides is 1. The summed E-state index contributed by atoms with van der Waals surface area (Å²) < 4.78 is 13.3. The molecule has 1 amide bonds. The third-order valence-corrected chi connectivity index (χ3v) is 7.14. The lowest BCUT2D eigenvalue weighted by atomic mass is 9.87. The van der Waals surface area contributed by atoms with Crippen LogP contribution in [-0.2, 0) is 23.7 Å². The standard InChI is InChI=1S/C16H32N5O7P/c1-5-6-10(19)14(24)21-16(13(23)8(2)17,29(27,28)9(3)18)12(15(25)26)11(22)7-20-4/h8-10,12,20H,5-7,17-19H2,1-4H3,(H,21,24)(H,25,26)(H,27,28)/t8-,9?,10-,12?,16?/m0/s1. The average molecular weight is 437 g/mol. The molecule has 0 bridgehead atoms. The summed E-state index contributed by atoms with van der Waals surface area (Å²) in [5.74, 6) is -9.48. The van der Waals surface area contributed by atoms with Gasteiger partial charge in [0.2, 0.25) is 13.3 Å². The van der Waals surface area contributed by atoms with Gasteiger partial charge in [0, 0.05) is 0 Å². The highest BCUT2D eigenvalue weighted by molar-refractivity contribution is 7.61. The van der Waals surface area contributed by atoms with Crippen molar-refractivity contribution < 1.29 is 33.7 Å². The number of carbonyl (C=O) groups is 4. The third-order valence-electron chi connectivity index (χ3n) is 4.43. The van der Waals surface area contributed by atoms with Gasteiger partial charge in [0.05, 0.1) is 24.4 Å². The number of carboxylic acids is 1. The number of likely N-dealkylation sites (N-methyl/N-ethyl adjacent to an activating group) is 1. The molecule has 29 heavy (non-hydrogen) atoms. The third kappa shape index (κ3) is 5.68. The van der Waals surface area contributed by atoms with Crippen LogP contribution in [0.5, 0.6) is 0 Å². The molecule has 0 aliphatic carbocycles. The van der Waals surface area contributed by atoms with Crippen molar-refractivity contribution in [1.82, 2.24) is 10.6 Å². The van der Waals surface area contributed by atoms with E-state index in [1.54, 1.807) is 6.92 Å². The van der Waals surface area contributed by atoms with Gasteiger partial charge in [-0.25, -0.2) is 0 Å². The number of carbonyl (C=O) groups excluding carboxylic acids is 3. The second-order valence-corrected chi connectivity index (χ2v) is 9.70. The van der Waals surface area contributed by atoms with Crippen molar-refractivity contribution in [3.63, 3.8) is 0 Å². The van der Waals surface area contributed by atoms with Crippen LogP contribution in [0.15, 0.2) is 0 Å². The number of rotatable bonds is 13. The predicted octanol–water partition coefficient (Wildman–Crippen LogP) is -2.09. The maximum atomic E-state index is 13.3. The molecule has 0 saturated carbocycles. The maximum Gasteiger partial charge on any atom is 0.317 e. The fourth-order valence-electron chi connectivity index (χ4n) is 2.92. The molecule has 4 unspecified atom stereocenters. The highest BCUT2D eigenvalue weighted by Crippen LogP contribution is 2.59. The molecule has 0 aliphatic rings. The van der Waals surface area contributed by atoms with Gasteiger partial charge in [-0.1, -0.05) is 13.3 Å². The van der Waals surface area contributed by atoms with Crippen LogP contribution in [0.3, 0.4) is 0 Å². The van der Waals surface area contributed by atoms with E-state index in [4.69, 9.17) is 17.2 Å². The van der Waals surface area contributed by atoms with Gasteiger partial charge >= 0.3 is 5.97 Å². The molecule has 13 heteroatoms. The number of aliphatic carboxylic acids is 1. The van der Waals surface area contributed by atoms with Crippen LogP contribution in [0.25, 0.3) is 0 Å². The predicted molar refractivity (Wildman–Crippen MR) is 106 cm³/mol. The molecule has 168 valence electrons. The Balaban J connectivity index is 7.04. The molecule has 0 fully saturated rings. The maximum absolute atomic E-state index is 13.3. The van der Waals surface area contributed by atoms with E-state index < -0.39 is 66.4 Å². The number of Topliss-reactive ketones (excluding diaryl/α,β-unsaturated/α-hetero) is 2. The fraction of sp³-hybridized carbons (Fsp3) is 0.750. The van der Waals surface area contributed by atoms with E-state index >= 15 is 0 Å². The van der Waals surface area contributed by atoms with Gasteiger partial charge in [0.15, 0.2) is 22.8 Å². The Hall–Kier alpha value is -1.69. The van der Waals surface area contributed by atoms with E-state index in [1.807, 2.05) is 5.32 Å². The highest BCUT2D eigenvalue weighted by Gasteiger charge is 2.66. The molecule has 0 aliphatic heterocycles. The smallest absolute Gasteiger partial charge is 0.317 e. The zero-order chi connectivity index (χ0) is 23.2. The molecule has 0 aromatic rings. The summed E-state index contributed by atoms with van der Waals surface area (Å²) in [5, 5.41) is 11.1. The molecular formula is C16H32N5O7P. The summed E-state index contributed by atoms with van der Waals surface area (Å²) >= 11 is 0. The van der Waals surface area contributed by atoms with Crippen LogP contribution < -0.4 is 27.8 Å². The van der Waals surface area contributed by atoms with Gasteiger partial charge in [-0.05, 0) is 27.3 Å². The minimum Gasteiger partial charge on any atom is -0.481 e. The number of carboxylic acid groups (broad SMARTS) is 1. The lowest BCUT2D eigenvalue weighted by molar-refractivity contribution is -0.152. The van der Waals surface area contributed by atoms with Crippen molar-refractivity contribution >= 4 is 30.8 Å². The Labute approximate surface area is 169 Å². The van der Waals surface area contributed by atoms with Gasteiger partial charge in [0.25, 0.3) is 0 Å². The number of nitrogens with one attached hydrogen (secondary N) is 2. The molecule has 0 spiro atoms. The summed E-state index contributed by atoms with van der Waals surface area (Å²) in [5.41, 5.74) is 17.0. The molecule has 0 heterocycles. The van der Waals surface area contributed by atoms with Crippen LogP contribution in [0.2, 0.25) is 0 Å². The molecule has 0 aromatic heterocycles. The van der Waals surface area contributed by atoms with E-state index in [-0.39, 0.29) is 6.42 Å². The summed E-state index contributed by atoms with van der Waals surface area (Å²) in [6, 6.07) is -2.72. The first-order valence-corrected chi connectivity index (χ1v) is 10.8. The second kappa shape index (κ2) is 10.9. The van der Waals surface area contributed by atoms with Crippen LogP contribution in [0.1, 0.15) is 33.6 Å². The Morgan fingerprint density at radius 1 is 1.14 bits per heavy atom. The van der Waals surface area contributed by atoms with Crippen molar-refractivity contribution in [3.05, 3.63) is 0 Å². The van der Waals surface area contributed by atoms with Gasteiger partial charge in [-0.15, -0.1) is 0 Å². The summed E-state index contributed by atoms with van der Waals surface area (Å²) in [4.78, 5) is 61.1. The minimum atomic E-state index is -5.08. The first kappa shape index (κ1) is 27.3. The van der Waals surface area contributed by atoms with E-state index in [0.717, 1.165) is 13.8 Å². The number of hydrogen-bond donors (Lipinski definition) is 7. The van der Waals surface area contributed by atoms with Gasteiger partial charge in [-0.2, -0.15) is 0 Å². The zero-order valence-electron chi connectivity index (χ0n) is 17.0. The van der Waals surface area contributed by atoms with Gasteiger partial charge in [-0.3, -0.25) is 23.7 Å². The minimum absolute atomic E-state index is 0.143. The largest absolute Gasteiger partial charge is 0.481 e. The quantitative estimate of drug-likeness (QED) is 0.122. The first-order chi connectivity index (χ1) is 13.2. The van der Waals surface area contributed by atoms with Crippen molar-refractivity contribution in [1.29, 1.82) is 0 Å². The number of ketones is 2. The normalized spacial score (nSPS) is 19.7. The Kier molecular flexibility index (Phi) is 10.3. The lowest BCUT2D eigenvalue weighted by Crippen LogP contribution is -2.69. The molecular weight excluding hydrogens is 405 g/mol. The van der Waals surface area contributed by atoms with Crippen LogP contribution in [0, 0.1) is 5.92 Å². The molecule has 0 saturated heterocycles. The SMILES string of the molecule is CCC[C@H](N)C(=O)NC(C(=O)[C@H](C)N)(C(C(=O)O)C(=O)CNC)P(=O)(O)C(C)N. The van der Waals surface area contributed by atoms with Crippen LogP contribution >= 0.6 is 7.37 Å². The fourth-order valence-corrected chi connectivity index (χ4v) is 4.97. The Morgan fingerprint density at radius 2 is 1.66 bits per heavy atom. The molecule has 0 radical (unpaired) electrons. The monoisotopic (exact) mass is 437 g/mol. The van der Waals surface area contributed by atoms with E-state index in [0.29, 0.717) is 6.42 Å². The van der Waals surface area contributed by atoms with Gasteiger partial charge in [0.1, 0.15) is 0 Å². The molecule has 10 N–H and O–H groups in total. The van der Waals surface area contributed by atoms with Crippen LogP contribution in [-0.4, -0.2) is 70.2 Å². The zero-order valence-corrected chi connectivity index (χ0v) is 17.9. The molecule has 6 atom stereocenters. The summed E-state index contributed by atoms with van der Waals surface area (Å²) in [7, 11) is -3.75. The van der Waals surface area contributed by atoms with E-state index in [9.17, 15) is 33.7 Å². The van der Waals surface area contributed by atoms with Crippen molar-refractivity contribution in [3.8, 4) is 0 Å². The highest BCUT2D eigenvalue weighted by atomic mass is 31.2. The molecule has 12 nitrogen and oxygen atoms in total. The Morgan fingerprint density at radius 3 is 2.00 bits per heavy atom. The van der Waals surface area contributed by atoms with E-state index in [2.05, 4.69) is 5.32 Å². The van der Waals surface area contributed by atoms with Crippen molar-refractivity contribution in [2.75, 3.05) is 13.6 Å². The number of hydrogen-bond acceptors (Lipinski definition) is 9. The first-order valence-electron chi connectivity index (χ1n) is 9.08. The van der Waals surface area contributed by atoms with Crippen LogP contribution in [0.4, 0.5) is 0 Å². The summed E-state index contributed by atoms with van der Waals surface area (Å²) in [6.45, 7) is 3.37. The second-order valence-electron chi connectivity index (χ2n) is 6.94. The van der Waals surface area contributed by atoms with E-state index in [1.165, 1.54) is 7.05 Å². The molecule has 0 aromatic carbocycles. The van der Waals surface area contributed by atoms with Gasteiger partial charge < -0.3 is 37.8 Å².